The summed E-state index contributed by atoms with van der Waals surface area (Å²) in [6, 6.07) is 11.6. The molecule has 3 rings (SSSR count). The molecule has 0 atom stereocenters. The molecule has 0 saturated carbocycles. The van der Waals surface area contributed by atoms with Crippen molar-refractivity contribution in [3.05, 3.63) is 63.7 Å². The van der Waals surface area contributed by atoms with E-state index in [1.54, 1.807) is 0 Å². The number of anilines is 1. The van der Waals surface area contributed by atoms with Crippen LogP contribution in [0, 0.1) is 24.0 Å². The largest absolute Gasteiger partial charge is 0.411 e. The van der Waals surface area contributed by atoms with E-state index in [9.17, 15) is 14.9 Å². The first kappa shape index (κ1) is 18.6. The summed E-state index contributed by atoms with van der Waals surface area (Å²) in [4.78, 5) is 22.3. The number of carbonyl (C=O) groups is 1. The molecule has 0 radical (unpaired) electrons. The number of hydrogen-bond donors (Lipinski definition) is 1. The SMILES string of the molecule is Cc1cc(C)cc(NC(=O)CSc2nnc(-c3ccc([N+](=O)[O-])cc3)o2)c1. The Hall–Kier alpha value is -3.20. The Morgan fingerprint density at radius 3 is 2.44 bits per heavy atom. The van der Waals surface area contributed by atoms with Crippen molar-refractivity contribution in [3.8, 4) is 11.5 Å². The topological polar surface area (TPSA) is 111 Å². The quantitative estimate of drug-likeness (QED) is 0.388. The lowest BCUT2D eigenvalue weighted by Gasteiger charge is -2.06. The number of aryl methyl sites for hydroxylation is 2. The molecule has 8 nitrogen and oxygen atoms in total. The van der Waals surface area contributed by atoms with E-state index in [0.717, 1.165) is 28.6 Å². The number of nitro benzene ring substituents is 1. The van der Waals surface area contributed by atoms with Crippen LogP contribution in [0.4, 0.5) is 11.4 Å². The van der Waals surface area contributed by atoms with Crippen molar-refractivity contribution in [2.24, 2.45) is 0 Å². The highest BCUT2D eigenvalue weighted by molar-refractivity contribution is 7.99. The molecule has 0 aliphatic carbocycles. The van der Waals surface area contributed by atoms with Gasteiger partial charge in [0.2, 0.25) is 11.8 Å². The van der Waals surface area contributed by atoms with E-state index in [1.165, 1.54) is 24.3 Å². The van der Waals surface area contributed by atoms with Crippen LogP contribution in [0.1, 0.15) is 11.1 Å². The Labute approximate surface area is 159 Å². The molecule has 0 aliphatic rings. The van der Waals surface area contributed by atoms with Crippen LogP contribution >= 0.6 is 11.8 Å². The number of non-ortho nitro benzene ring substituents is 1. The average Bonchev–Trinajstić information content (AvgIpc) is 3.08. The number of nitro groups is 1. The van der Waals surface area contributed by atoms with Gasteiger partial charge in [0.25, 0.3) is 10.9 Å². The molecule has 0 fully saturated rings. The summed E-state index contributed by atoms with van der Waals surface area (Å²) >= 11 is 1.12. The van der Waals surface area contributed by atoms with E-state index < -0.39 is 4.92 Å². The highest BCUT2D eigenvalue weighted by Crippen LogP contribution is 2.25. The standard InChI is InChI=1S/C18H16N4O4S/c1-11-7-12(2)9-14(8-11)19-16(23)10-27-18-21-20-17(26-18)13-3-5-15(6-4-13)22(24)25/h3-9H,10H2,1-2H3,(H,19,23). The molecule has 0 spiro atoms. The lowest BCUT2D eigenvalue weighted by Crippen LogP contribution is -2.14. The lowest BCUT2D eigenvalue weighted by atomic mass is 10.1. The van der Waals surface area contributed by atoms with Gasteiger partial charge in [0.05, 0.1) is 10.7 Å². The van der Waals surface area contributed by atoms with Gasteiger partial charge >= 0.3 is 0 Å². The highest BCUT2D eigenvalue weighted by Gasteiger charge is 2.13. The van der Waals surface area contributed by atoms with Crippen LogP contribution in [0.15, 0.2) is 52.1 Å². The Kier molecular flexibility index (Phi) is 5.51. The van der Waals surface area contributed by atoms with E-state index in [-0.39, 0.29) is 28.5 Å². The van der Waals surface area contributed by atoms with Crippen molar-refractivity contribution in [1.29, 1.82) is 0 Å². The van der Waals surface area contributed by atoms with E-state index in [4.69, 9.17) is 4.42 Å². The van der Waals surface area contributed by atoms with Crippen LogP contribution in [0.25, 0.3) is 11.5 Å². The van der Waals surface area contributed by atoms with Gasteiger partial charge in [0.15, 0.2) is 0 Å². The fourth-order valence-corrected chi connectivity index (χ4v) is 3.04. The van der Waals surface area contributed by atoms with Crippen molar-refractivity contribution in [2.45, 2.75) is 19.1 Å². The summed E-state index contributed by atoms with van der Waals surface area (Å²) in [5, 5.41) is 21.6. The maximum absolute atomic E-state index is 12.1. The summed E-state index contributed by atoms with van der Waals surface area (Å²) in [5.41, 5.74) is 3.44. The summed E-state index contributed by atoms with van der Waals surface area (Å²) in [5.74, 6) is 0.178. The number of thioether (sulfide) groups is 1. The molecule has 9 heteroatoms. The Bertz CT molecular complexity index is 965. The molecule has 138 valence electrons. The van der Waals surface area contributed by atoms with E-state index in [1.807, 2.05) is 32.0 Å². The number of nitrogens with one attached hydrogen (secondary N) is 1. The smallest absolute Gasteiger partial charge is 0.277 e. The lowest BCUT2D eigenvalue weighted by molar-refractivity contribution is -0.384. The van der Waals surface area contributed by atoms with Crippen LogP contribution in [0.2, 0.25) is 0 Å². The maximum atomic E-state index is 12.1. The van der Waals surface area contributed by atoms with Crippen molar-refractivity contribution in [1.82, 2.24) is 10.2 Å². The monoisotopic (exact) mass is 384 g/mol. The fourth-order valence-electron chi connectivity index (χ4n) is 2.48. The first-order valence-corrected chi connectivity index (χ1v) is 8.98. The van der Waals surface area contributed by atoms with Crippen LogP contribution in [0.5, 0.6) is 0 Å². The molecular formula is C18H16N4O4S. The number of benzene rings is 2. The maximum Gasteiger partial charge on any atom is 0.277 e. The van der Waals surface area contributed by atoms with Crippen molar-refractivity contribution in [2.75, 3.05) is 11.1 Å². The Balaban J connectivity index is 1.59. The van der Waals surface area contributed by atoms with E-state index in [2.05, 4.69) is 15.5 Å². The third-order valence-electron chi connectivity index (χ3n) is 3.56. The predicted octanol–water partition coefficient (Wildman–Crippen LogP) is 3.99. The third-order valence-corrected chi connectivity index (χ3v) is 4.38. The van der Waals surface area contributed by atoms with Gasteiger partial charge < -0.3 is 9.73 Å². The van der Waals surface area contributed by atoms with Gasteiger partial charge in [-0.2, -0.15) is 0 Å². The molecule has 0 saturated heterocycles. The van der Waals surface area contributed by atoms with Gasteiger partial charge in [0.1, 0.15) is 0 Å². The Morgan fingerprint density at radius 1 is 1.15 bits per heavy atom. The zero-order valence-corrected chi connectivity index (χ0v) is 15.4. The number of nitrogens with zero attached hydrogens (tertiary/aromatic N) is 3. The first-order valence-electron chi connectivity index (χ1n) is 8.00. The molecule has 3 aromatic rings. The molecule has 0 unspecified atom stereocenters. The zero-order chi connectivity index (χ0) is 19.4. The van der Waals surface area contributed by atoms with Gasteiger partial charge in [-0.3, -0.25) is 14.9 Å². The number of amides is 1. The molecule has 2 aromatic carbocycles. The van der Waals surface area contributed by atoms with Crippen LogP contribution in [0.3, 0.4) is 0 Å². The molecule has 27 heavy (non-hydrogen) atoms. The van der Waals surface area contributed by atoms with Gasteiger partial charge in [-0.25, -0.2) is 0 Å². The first-order chi connectivity index (χ1) is 12.9. The highest BCUT2D eigenvalue weighted by atomic mass is 32.2. The van der Waals surface area contributed by atoms with Crippen molar-refractivity contribution < 1.29 is 14.1 Å². The van der Waals surface area contributed by atoms with Gasteiger partial charge in [-0.05, 0) is 49.2 Å². The summed E-state index contributed by atoms with van der Waals surface area (Å²) in [7, 11) is 0. The second kappa shape index (κ2) is 8.00. The summed E-state index contributed by atoms with van der Waals surface area (Å²) < 4.78 is 5.50. The zero-order valence-electron chi connectivity index (χ0n) is 14.6. The molecule has 1 amide bonds. The molecule has 0 aliphatic heterocycles. The van der Waals surface area contributed by atoms with E-state index in [0.29, 0.717) is 5.56 Å². The number of rotatable bonds is 6. The van der Waals surface area contributed by atoms with Crippen LogP contribution in [-0.4, -0.2) is 26.8 Å². The second-order valence-corrected chi connectivity index (χ2v) is 6.82. The number of aromatic nitrogens is 2. The third kappa shape index (κ3) is 4.91. The minimum Gasteiger partial charge on any atom is -0.411 e. The van der Waals surface area contributed by atoms with Crippen LogP contribution in [-0.2, 0) is 4.79 Å². The number of hydrogen-bond acceptors (Lipinski definition) is 7. The molecule has 1 N–H and O–H groups in total. The summed E-state index contributed by atoms with van der Waals surface area (Å²) in [6.45, 7) is 3.94. The molecule has 0 bridgehead atoms. The van der Waals surface area contributed by atoms with Crippen molar-refractivity contribution in [3.63, 3.8) is 0 Å². The van der Waals surface area contributed by atoms with Gasteiger partial charge in [0, 0.05) is 23.4 Å². The van der Waals surface area contributed by atoms with Gasteiger partial charge in [-0.1, -0.05) is 17.8 Å². The fraction of sp³-hybridized carbons (Fsp3) is 0.167. The average molecular weight is 384 g/mol. The van der Waals surface area contributed by atoms with Crippen LogP contribution < -0.4 is 5.32 Å². The molecule has 1 heterocycles. The Morgan fingerprint density at radius 2 is 1.81 bits per heavy atom. The minimum atomic E-state index is -0.479. The van der Waals surface area contributed by atoms with Gasteiger partial charge in [-0.15, -0.1) is 10.2 Å². The second-order valence-electron chi connectivity index (χ2n) is 5.89. The summed E-state index contributed by atoms with van der Waals surface area (Å²) in [6.07, 6.45) is 0. The molecular weight excluding hydrogens is 368 g/mol. The van der Waals surface area contributed by atoms with Crippen molar-refractivity contribution >= 4 is 29.0 Å². The minimum absolute atomic E-state index is 0.0177. The number of carbonyl (C=O) groups excluding carboxylic acids is 1. The predicted molar refractivity (Wildman–Crippen MR) is 102 cm³/mol. The molecule has 1 aromatic heterocycles. The normalized spacial score (nSPS) is 10.6. The van der Waals surface area contributed by atoms with E-state index >= 15 is 0 Å².